The maximum Gasteiger partial charge on any atom is 0.410 e. The van der Waals surface area contributed by atoms with Crippen LogP contribution in [-0.2, 0) is 16.1 Å². The van der Waals surface area contributed by atoms with Crippen LogP contribution in [0.25, 0.3) is 11.0 Å². The summed E-state index contributed by atoms with van der Waals surface area (Å²) in [6.07, 6.45) is 3.95. The van der Waals surface area contributed by atoms with Gasteiger partial charge in [0.1, 0.15) is 5.60 Å². The highest BCUT2D eigenvalue weighted by Crippen LogP contribution is 2.19. The molecule has 1 saturated heterocycles. The summed E-state index contributed by atoms with van der Waals surface area (Å²) >= 11 is 0. The van der Waals surface area contributed by atoms with E-state index in [1.54, 1.807) is 4.90 Å². The normalized spacial score (nSPS) is 17.5. The van der Waals surface area contributed by atoms with Gasteiger partial charge in [0.25, 0.3) is 0 Å². The second kappa shape index (κ2) is 8.63. The fraction of sp³-hybridized carbons (Fsp3) is 0.571. The number of imidazole rings is 1. The fourth-order valence-corrected chi connectivity index (χ4v) is 3.48. The predicted molar refractivity (Wildman–Crippen MR) is 108 cm³/mol. The Morgan fingerprint density at radius 2 is 2.07 bits per heavy atom. The van der Waals surface area contributed by atoms with Gasteiger partial charge in [-0.05, 0) is 52.2 Å². The first-order valence-electron chi connectivity index (χ1n) is 9.99. The molecule has 1 aromatic heterocycles. The lowest BCUT2D eigenvalue weighted by molar-refractivity contribution is -0.126. The second-order valence-corrected chi connectivity index (χ2v) is 8.34. The average molecular weight is 386 g/mol. The Labute approximate surface area is 166 Å². The summed E-state index contributed by atoms with van der Waals surface area (Å²) in [6.45, 7) is 8.02. The molecule has 0 unspecified atom stereocenters. The average Bonchev–Trinajstić information content (AvgIpc) is 3.07. The van der Waals surface area contributed by atoms with Gasteiger partial charge in [-0.15, -0.1) is 0 Å². The van der Waals surface area contributed by atoms with Gasteiger partial charge in [-0.1, -0.05) is 12.1 Å². The Kier molecular flexibility index (Phi) is 6.21. The molecule has 1 N–H and O–H groups in total. The number of nitrogens with zero attached hydrogens (tertiary/aromatic N) is 3. The number of piperidine rings is 1. The van der Waals surface area contributed by atoms with Gasteiger partial charge in [-0.3, -0.25) is 4.79 Å². The van der Waals surface area contributed by atoms with Crippen LogP contribution < -0.4 is 5.32 Å². The molecule has 7 nitrogen and oxygen atoms in total. The molecule has 2 amide bonds. The van der Waals surface area contributed by atoms with Crippen molar-refractivity contribution < 1.29 is 14.3 Å². The van der Waals surface area contributed by atoms with Crippen molar-refractivity contribution in [3.63, 3.8) is 0 Å². The largest absolute Gasteiger partial charge is 0.444 e. The van der Waals surface area contributed by atoms with Crippen molar-refractivity contribution in [3.8, 4) is 0 Å². The number of fused-ring (bicyclic) bond motifs is 1. The first-order valence-corrected chi connectivity index (χ1v) is 9.99. The minimum atomic E-state index is -0.524. The molecule has 1 atom stereocenters. The van der Waals surface area contributed by atoms with Crippen molar-refractivity contribution in [2.45, 2.75) is 52.2 Å². The molecule has 3 rings (SSSR count). The van der Waals surface area contributed by atoms with Gasteiger partial charge in [-0.25, -0.2) is 9.78 Å². The maximum atomic E-state index is 12.5. The number of likely N-dealkylation sites (tertiary alicyclic amines) is 1. The van der Waals surface area contributed by atoms with Crippen molar-refractivity contribution >= 4 is 23.0 Å². The standard InChI is InChI=1S/C21H30N4O3/c1-21(2,3)28-20(27)24-12-6-8-16(14-24)19(26)22-11-7-13-25-15-23-17-9-4-5-10-18(17)25/h4-5,9-10,15-16H,6-8,11-14H2,1-3H3,(H,22,26)/t16-/m0/s1. The quantitative estimate of drug-likeness (QED) is 0.801. The van der Waals surface area contributed by atoms with Crippen molar-refractivity contribution in [2.24, 2.45) is 5.92 Å². The van der Waals surface area contributed by atoms with E-state index in [1.165, 1.54) is 0 Å². The first-order chi connectivity index (χ1) is 13.3. The van der Waals surface area contributed by atoms with E-state index in [1.807, 2.05) is 51.4 Å². The van der Waals surface area contributed by atoms with Crippen molar-refractivity contribution in [1.82, 2.24) is 19.8 Å². The van der Waals surface area contributed by atoms with E-state index in [0.717, 1.165) is 36.8 Å². The SMILES string of the molecule is CC(C)(C)OC(=O)N1CCC[C@H](C(=O)NCCCn2cnc3ccccc32)C1. The summed E-state index contributed by atoms with van der Waals surface area (Å²) < 4.78 is 7.53. The molecule has 1 aromatic carbocycles. The minimum Gasteiger partial charge on any atom is -0.444 e. The van der Waals surface area contributed by atoms with Crippen LogP contribution in [0.1, 0.15) is 40.0 Å². The number of rotatable bonds is 5. The molecule has 0 spiro atoms. The highest BCUT2D eigenvalue weighted by Gasteiger charge is 2.30. The third kappa shape index (κ3) is 5.24. The number of hydrogen-bond acceptors (Lipinski definition) is 4. The Hall–Kier alpha value is -2.57. The molecular weight excluding hydrogens is 356 g/mol. The predicted octanol–water partition coefficient (Wildman–Crippen LogP) is 3.19. The molecule has 7 heteroatoms. The van der Waals surface area contributed by atoms with Gasteiger partial charge < -0.3 is 19.5 Å². The van der Waals surface area contributed by atoms with Crippen molar-refractivity contribution in [2.75, 3.05) is 19.6 Å². The van der Waals surface area contributed by atoms with Gasteiger partial charge >= 0.3 is 6.09 Å². The lowest BCUT2D eigenvalue weighted by atomic mass is 9.97. The Bertz CT molecular complexity index is 824. The lowest BCUT2D eigenvalue weighted by Gasteiger charge is -2.33. The van der Waals surface area contributed by atoms with E-state index in [-0.39, 0.29) is 17.9 Å². The Morgan fingerprint density at radius 3 is 2.86 bits per heavy atom. The number of amides is 2. The Balaban J connectivity index is 1.43. The number of carbonyl (C=O) groups excluding carboxylic acids is 2. The third-order valence-corrected chi connectivity index (χ3v) is 4.85. The topological polar surface area (TPSA) is 76.5 Å². The number of aromatic nitrogens is 2. The number of nitrogens with one attached hydrogen (secondary N) is 1. The molecular formula is C21H30N4O3. The fourth-order valence-electron chi connectivity index (χ4n) is 3.48. The number of hydrogen-bond donors (Lipinski definition) is 1. The number of carbonyl (C=O) groups is 2. The van der Waals surface area contributed by atoms with E-state index in [9.17, 15) is 9.59 Å². The molecule has 0 saturated carbocycles. The zero-order valence-electron chi connectivity index (χ0n) is 17.0. The van der Waals surface area contributed by atoms with E-state index >= 15 is 0 Å². The summed E-state index contributed by atoms with van der Waals surface area (Å²) in [5, 5.41) is 3.02. The molecule has 152 valence electrons. The molecule has 1 fully saturated rings. The van der Waals surface area contributed by atoms with Crippen LogP contribution >= 0.6 is 0 Å². The summed E-state index contributed by atoms with van der Waals surface area (Å²) in [4.78, 5) is 30.8. The van der Waals surface area contributed by atoms with Crippen LogP contribution in [0.4, 0.5) is 4.79 Å². The van der Waals surface area contributed by atoms with Gasteiger partial charge in [0.05, 0.1) is 23.3 Å². The van der Waals surface area contributed by atoms with Gasteiger partial charge in [0.2, 0.25) is 5.91 Å². The van der Waals surface area contributed by atoms with Crippen LogP contribution in [-0.4, -0.2) is 51.7 Å². The monoisotopic (exact) mass is 386 g/mol. The molecule has 1 aliphatic rings. The smallest absolute Gasteiger partial charge is 0.410 e. The molecule has 1 aliphatic heterocycles. The molecule has 0 radical (unpaired) electrons. The van der Waals surface area contributed by atoms with Gasteiger partial charge in [0, 0.05) is 26.2 Å². The molecule has 2 aromatic rings. The lowest BCUT2D eigenvalue weighted by Crippen LogP contribution is -2.47. The van der Waals surface area contributed by atoms with Crippen LogP contribution in [0, 0.1) is 5.92 Å². The summed E-state index contributed by atoms with van der Waals surface area (Å²) in [5.41, 5.74) is 1.56. The third-order valence-electron chi connectivity index (χ3n) is 4.85. The number of para-hydroxylation sites is 2. The summed E-state index contributed by atoms with van der Waals surface area (Å²) in [6, 6.07) is 8.02. The molecule has 2 heterocycles. The molecule has 0 bridgehead atoms. The summed E-state index contributed by atoms with van der Waals surface area (Å²) in [7, 11) is 0. The van der Waals surface area contributed by atoms with Gasteiger partial charge in [0.15, 0.2) is 0 Å². The van der Waals surface area contributed by atoms with Crippen LogP contribution in [0.5, 0.6) is 0 Å². The second-order valence-electron chi connectivity index (χ2n) is 8.34. The minimum absolute atomic E-state index is 0.0174. The summed E-state index contributed by atoms with van der Waals surface area (Å²) in [5.74, 6) is -0.154. The number of benzene rings is 1. The molecule has 0 aliphatic carbocycles. The number of ether oxygens (including phenoxy) is 1. The van der Waals surface area contributed by atoms with Crippen LogP contribution in [0.15, 0.2) is 30.6 Å². The Morgan fingerprint density at radius 1 is 1.29 bits per heavy atom. The van der Waals surface area contributed by atoms with E-state index in [4.69, 9.17) is 4.74 Å². The zero-order valence-corrected chi connectivity index (χ0v) is 17.0. The maximum absolute atomic E-state index is 12.5. The van der Waals surface area contributed by atoms with Gasteiger partial charge in [-0.2, -0.15) is 0 Å². The highest BCUT2D eigenvalue weighted by molar-refractivity contribution is 5.80. The molecule has 28 heavy (non-hydrogen) atoms. The van der Waals surface area contributed by atoms with Crippen LogP contribution in [0.2, 0.25) is 0 Å². The van der Waals surface area contributed by atoms with E-state index < -0.39 is 5.60 Å². The van der Waals surface area contributed by atoms with Crippen molar-refractivity contribution in [3.05, 3.63) is 30.6 Å². The van der Waals surface area contributed by atoms with E-state index in [0.29, 0.717) is 19.6 Å². The number of aryl methyl sites for hydroxylation is 1. The zero-order chi connectivity index (χ0) is 20.1. The highest BCUT2D eigenvalue weighted by atomic mass is 16.6. The van der Waals surface area contributed by atoms with E-state index in [2.05, 4.69) is 14.9 Å². The van der Waals surface area contributed by atoms with Crippen LogP contribution in [0.3, 0.4) is 0 Å². The van der Waals surface area contributed by atoms with Crippen molar-refractivity contribution in [1.29, 1.82) is 0 Å². The first kappa shape index (κ1) is 20.2.